The van der Waals surface area contributed by atoms with E-state index >= 15 is 0 Å². The molecular formula is C27H26ClN5O3S. The first-order chi connectivity index (χ1) is 18.1. The molecule has 4 aromatic rings. The van der Waals surface area contributed by atoms with Crippen LogP contribution in [0.2, 0.25) is 5.02 Å². The predicted octanol–water partition coefficient (Wildman–Crippen LogP) is 5.28. The molecule has 0 atom stereocenters. The maximum absolute atomic E-state index is 12.7. The van der Waals surface area contributed by atoms with Crippen molar-refractivity contribution in [1.82, 2.24) is 19.7 Å². The molecule has 1 aromatic heterocycles. The molecule has 0 saturated carbocycles. The molecule has 1 saturated heterocycles. The van der Waals surface area contributed by atoms with Gasteiger partial charge in [-0.1, -0.05) is 41.6 Å². The van der Waals surface area contributed by atoms with Gasteiger partial charge in [-0.2, -0.15) is 0 Å². The van der Waals surface area contributed by atoms with Gasteiger partial charge in [0.1, 0.15) is 11.5 Å². The lowest BCUT2D eigenvalue weighted by Gasteiger charge is -2.26. The number of thioether (sulfide) groups is 1. The van der Waals surface area contributed by atoms with E-state index in [1.54, 1.807) is 0 Å². The van der Waals surface area contributed by atoms with Crippen molar-refractivity contribution in [2.24, 2.45) is 0 Å². The van der Waals surface area contributed by atoms with E-state index in [9.17, 15) is 4.79 Å². The Morgan fingerprint density at radius 3 is 2.38 bits per heavy atom. The second kappa shape index (κ2) is 12.2. The van der Waals surface area contributed by atoms with Gasteiger partial charge in [-0.15, -0.1) is 10.2 Å². The Morgan fingerprint density at radius 2 is 1.65 bits per heavy atom. The molecule has 2 heterocycles. The number of amides is 1. The van der Waals surface area contributed by atoms with Crippen molar-refractivity contribution in [1.29, 1.82) is 0 Å². The number of halogens is 1. The summed E-state index contributed by atoms with van der Waals surface area (Å²) < 4.78 is 13.3. The molecule has 5 rings (SSSR count). The number of rotatable bonds is 9. The van der Waals surface area contributed by atoms with Crippen LogP contribution in [0.1, 0.15) is 5.82 Å². The summed E-state index contributed by atoms with van der Waals surface area (Å²) in [4.78, 5) is 15.0. The smallest absolute Gasteiger partial charge is 0.234 e. The molecule has 1 aliphatic heterocycles. The molecule has 0 radical (unpaired) electrons. The fraction of sp³-hybridized carbons (Fsp3) is 0.222. The summed E-state index contributed by atoms with van der Waals surface area (Å²) in [6.45, 7) is 3.73. The molecule has 0 aliphatic carbocycles. The average Bonchev–Trinajstić information content (AvgIpc) is 3.32. The quantitative estimate of drug-likeness (QED) is 0.292. The van der Waals surface area contributed by atoms with Gasteiger partial charge < -0.3 is 14.8 Å². The van der Waals surface area contributed by atoms with Crippen LogP contribution in [0, 0.1) is 0 Å². The molecule has 10 heteroatoms. The first-order valence-electron chi connectivity index (χ1n) is 11.9. The van der Waals surface area contributed by atoms with Crippen LogP contribution in [0.4, 0.5) is 5.69 Å². The third-order valence-corrected chi connectivity index (χ3v) is 6.88. The zero-order chi connectivity index (χ0) is 25.5. The van der Waals surface area contributed by atoms with Gasteiger partial charge in [-0.05, 0) is 60.7 Å². The lowest BCUT2D eigenvalue weighted by atomic mass is 10.3. The normalized spacial score (nSPS) is 13.9. The van der Waals surface area contributed by atoms with Crippen LogP contribution < -0.4 is 10.1 Å². The van der Waals surface area contributed by atoms with Crippen molar-refractivity contribution in [3.05, 3.63) is 89.7 Å². The molecule has 190 valence electrons. The third kappa shape index (κ3) is 6.90. The van der Waals surface area contributed by atoms with Crippen molar-refractivity contribution in [3.8, 4) is 17.2 Å². The SMILES string of the molecule is O=C(CSc1nnc(CN2CCOCC2)n1-c1ccc(Cl)cc1)Nc1ccc(Oc2ccccc2)cc1. The largest absolute Gasteiger partial charge is 0.457 e. The van der Waals surface area contributed by atoms with E-state index in [2.05, 4.69) is 20.4 Å². The van der Waals surface area contributed by atoms with Gasteiger partial charge in [0.05, 0.1) is 25.5 Å². The Hall–Kier alpha value is -3.37. The van der Waals surface area contributed by atoms with Crippen LogP contribution in [0.5, 0.6) is 11.5 Å². The van der Waals surface area contributed by atoms with Crippen LogP contribution in [0.15, 0.2) is 84.0 Å². The molecule has 1 N–H and O–H groups in total. The minimum atomic E-state index is -0.137. The minimum absolute atomic E-state index is 0.137. The topological polar surface area (TPSA) is 81.5 Å². The molecule has 0 unspecified atom stereocenters. The molecule has 1 fully saturated rings. The highest BCUT2D eigenvalue weighted by atomic mass is 35.5. The van der Waals surface area contributed by atoms with Crippen molar-refractivity contribution >= 4 is 35.0 Å². The summed E-state index contributed by atoms with van der Waals surface area (Å²) in [5, 5.41) is 13.1. The number of aromatic nitrogens is 3. The number of ether oxygens (including phenoxy) is 2. The summed E-state index contributed by atoms with van der Waals surface area (Å²) in [6, 6.07) is 24.4. The number of anilines is 1. The van der Waals surface area contributed by atoms with Crippen LogP contribution in [-0.2, 0) is 16.1 Å². The minimum Gasteiger partial charge on any atom is -0.457 e. The summed E-state index contributed by atoms with van der Waals surface area (Å²) in [6.07, 6.45) is 0. The maximum Gasteiger partial charge on any atom is 0.234 e. The number of nitrogens with one attached hydrogen (secondary N) is 1. The summed E-state index contributed by atoms with van der Waals surface area (Å²) >= 11 is 7.45. The fourth-order valence-electron chi connectivity index (χ4n) is 3.86. The van der Waals surface area contributed by atoms with E-state index < -0.39 is 0 Å². The average molecular weight is 536 g/mol. The lowest BCUT2D eigenvalue weighted by molar-refractivity contribution is -0.113. The van der Waals surface area contributed by atoms with Gasteiger partial charge in [0.2, 0.25) is 5.91 Å². The molecule has 3 aromatic carbocycles. The van der Waals surface area contributed by atoms with E-state index in [4.69, 9.17) is 21.1 Å². The Balaban J connectivity index is 1.23. The Morgan fingerprint density at radius 1 is 0.946 bits per heavy atom. The lowest BCUT2D eigenvalue weighted by Crippen LogP contribution is -2.36. The van der Waals surface area contributed by atoms with Crippen LogP contribution >= 0.6 is 23.4 Å². The van der Waals surface area contributed by atoms with Gasteiger partial charge in [-0.25, -0.2) is 0 Å². The second-order valence-electron chi connectivity index (χ2n) is 8.38. The first kappa shape index (κ1) is 25.3. The van der Waals surface area contributed by atoms with Crippen molar-refractivity contribution in [2.45, 2.75) is 11.7 Å². The van der Waals surface area contributed by atoms with Gasteiger partial charge in [0.15, 0.2) is 11.0 Å². The van der Waals surface area contributed by atoms with Crippen LogP contribution in [0.3, 0.4) is 0 Å². The van der Waals surface area contributed by atoms with E-state index in [1.165, 1.54) is 11.8 Å². The van der Waals surface area contributed by atoms with Gasteiger partial charge in [-0.3, -0.25) is 14.3 Å². The zero-order valence-electron chi connectivity index (χ0n) is 20.0. The van der Waals surface area contributed by atoms with E-state index in [1.807, 2.05) is 83.4 Å². The Bertz CT molecular complexity index is 1310. The monoisotopic (exact) mass is 535 g/mol. The van der Waals surface area contributed by atoms with Crippen molar-refractivity contribution in [3.63, 3.8) is 0 Å². The summed E-state index contributed by atoms with van der Waals surface area (Å²) in [7, 11) is 0. The summed E-state index contributed by atoms with van der Waals surface area (Å²) in [5.41, 5.74) is 1.59. The predicted molar refractivity (Wildman–Crippen MR) is 145 cm³/mol. The summed E-state index contributed by atoms with van der Waals surface area (Å²) in [5.74, 6) is 2.31. The number of nitrogens with zero attached hydrogens (tertiary/aromatic N) is 4. The van der Waals surface area contributed by atoms with Gasteiger partial charge >= 0.3 is 0 Å². The van der Waals surface area contributed by atoms with Gasteiger partial charge in [0, 0.05) is 29.5 Å². The number of benzene rings is 3. The molecule has 8 nitrogen and oxygen atoms in total. The number of morpholine rings is 1. The molecular weight excluding hydrogens is 510 g/mol. The number of para-hydroxylation sites is 1. The molecule has 0 bridgehead atoms. The number of hydrogen-bond acceptors (Lipinski definition) is 7. The first-order valence-corrected chi connectivity index (χ1v) is 13.3. The Kier molecular flexibility index (Phi) is 8.37. The molecule has 37 heavy (non-hydrogen) atoms. The molecule has 0 spiro atoms. The highest BCUT2D eigenvalue weighted by molar-refractivity contribution is 7.99. The molecule has 1 amide bonds. The highest BCUT2D eigenvalue weighted by Gasteiger charge is 2.20. The van der Waals surface area contributed by atoms with E-state index in [0.29, 0.717) is 41.4 Å². The van der Waals surface area contributed by atoms with Crippen LogP contribution in [-0.4, -0.2) is 57.6 Å². The number of carbonyl (C=O) groups excluding carboxylic acids is 1. The second-order valence-corrected chi connectivity index (χ2v) is 9.75. The van der Waals surface area contributed by atoms with Gasteiger partial charge in [0.25, 0.3) is 0 Å². The number of hydrogen-bond donors (Lipinski definition) is 1. The molecule has 1 aliphatic rings. The number of carbonyl (C=O) groups is 1. The standard InChI is InChI=1S/C27H26ClN5O3S/c28-20-6-10-22(11-7-20)33-25(18-32-14-16-35-17-15-32)30-31-27(33)37-19-26(34)29-21-8-12-24(13-9-21)36-23-4-2-1-3-5-23/h1-13H,14-19H2,(H,29,34). The van der Waals surface area contributed by atoms with Crippen LogP contribution in [0.25, 0.3) is 5.69 Å². The zero-order valence-corrected chi connectivity index (χ0v) is 21.6. The fourth-order valence-corrected chi connectivity index (χ4v) is 4.76. The van der Waals surface area contributed by atoms with E-state index in [0.717, 1.165) is 30.4 Å². The maximum atomic E-state index is 12.7. The highest BCUT2D eigenvalue weighted by Crippen LogP contribution is 2.26. The third-order valence-electron chi connectivity index (χ3n) is 5.70. The van der Waals surface area contributed by atoms with E-state index in [-0.39, 0.29) is 11.7 Å². The Labute approximate surface area is 224 Å². The van der Waals surface area contributed by atoms with Crippen molar-refractivity contribution in [2.75, 3.05) is 37.4 Å². The van der Waals surface area contributed by atoms with Crippen molar-refractivity contribution < 1.29 is 14.3 Å².